The lowest BCUT2D eigenvalue weighted by Crippen LogP contribution is -2.39. The summed E-state index contributed by atoms with van der Waals surface area (Å²) in [5.74, 6) is 0.532. The van der Waals surface area contributed by atoms with E-state index in [2.05, 4.69) is 11.1 Å². The number of ether oxygens (including phenoxy) is 4. The van der Waals surface area contributed by atoms with Crippen LogP contribution in [0.5, 0.6) is 17.2 Å². The lowest BCUT2D eigenvalue weighted by molar-refractivity contribution is -0.141. The van der Waals surface area contributed by atoms with Crippen LogP contribution in [-0.4, -0.2) is 51.4 Å². The van der Waals surface area contributed by atoms with Gasteiger partial charge in [-0.25, -0.2) is 4.79 Å². The van der Waals surface area contributed by atoms with Gasteiger partial charge in [0.05, 0.1) is 36.0 Å². The third kappa shape index (κ3) is 5.84. The van der Waals surface area contributed by atoms with Crippen molar-refractivity contribution in [2.45, 2.75) is 109 Å². The van der Waals surface area contributed by atoms with Gasteiger partial charge in [-0.2, -0.15) is 0 Å². The number of fused-ring (bicyclic) bond motifs is 3. The molecule has 0 spiro atoms. The van der Waals surface area contributed by atoms with Crippen LogP contribution in [0.1, 0.15) is 100 Å². The molecule has 2 atom stereocenters. The van der Waals surface area contributed by atoms with Crippen molar-refractivity contribution in [3.8, 4) is 17.2 Å². The number of H-pyrrole nitrogens is 1. The first-order chi connectivity index (χ1) is 22.7. The van der Waals surface area contributed by atoms with Crippen LogP contribution in [0.4, 0.5) is 0 Å². The average molecular weight is 642 g/mol. The molecule has 0 radical (unpaired) electrons. The van der Waals surface area contributed by atoms with Gasteiger partial charge in [-0.15, -0.1) is 0 Å². The van der Waals surface area contributed by atoms with Crippen LogP contribution < -0.4 is 14.2 Å². The molecule has 7 rings (SSSR count). The number of aromatic nitrogens is 1. The Hall–Kier alpha value is -4.08. The molecule has 2 aromatic carbocycles. The van der Waals surface area contributed by atoms with Crippen molar-refractivity contribution >= 4 is 28.2 Å². The number of hydrogen-bond acceptors (Lipinski definition) is 8. The molecule has 2 unspecified atom stereocenters. The van der Waals surface area contributed by atoms with E-state index in [1.807, 2.05) is 24.4 Å². The van der Waals surface area contributed by atoms with Gasteiger partial charge in [0.15, 0.2) is 0 Å². The maximum atomic E-state index is 13.5. The number of ketones is 1. The lowest BCUT2D eigenvalue weighted by Gasteiger charge is -2.32. The largest absolute Gasteiger partial charge is 0.489 e. The second-order valence-corrected chi connectivity index (χ2v) is 13.7. The summed E-state index contributed by atoms with van der Waals surface area (Å²) in [5, 5.41) is 22.9. The molecule has 248 valence electrons. The number of carbonyl (C=O) groups excluding carboxylic acids is 2. The molecule has 3 aromatic rings. The van der Waals surface area contributed by atoms with E-state index >= 15 is 0 Å². The number of hydrogen-bond donors (Lipinski definition) is 3. The van der Waals surface area contributed by atoms with Gasteiger partial charge in [0.2, 0.25) is 5.76 Å². The van der Waals surface area contributed by atoms with Crippen molar-refractivity contribution in [2.75, 3.05) is 6.61 Å². The molecule has 0 amide bonds. The summed E-state index contributed by atoms with van der Waals surface area (Å²) in [6.45, 7) is 4.90. The first-order valence-corrected chi connectivity index (χ1v) is 16.9. The Labute approximate surface area is 274 Å². The highest BCUT2D eigenvalue weighted by Crippen LogP contribution is 2.55. The van der Waals surface area contributed by atoms with E-state index in [9.17, 15) is 19.8 Å². The van der Waals surface area contributed by atoms with Gasteiger partial charge in [-0.3, -0.25) is 4.79 Å². The summed E-state index contributed by atoms with van der Waals surface area (Å²) in [6.07, 6.45) is 9.87. The predicted octanol–water partition coefficient (Wildman–Crippen LogP) is 6.58. The van der Waals surface area contributed by atoms with Gasteiger partial charge in [0, 0.05) is 36.0 Å². The molecule has 2 aliphatic heterocycles. The molecule has 9 nitrogen and oxygen atoms in total. The maximum Gasteiger partial charge on any atom is 0.374 e. The monoisotopic (exact) mass is 641 g/mol. The maximum absolute atomic E-state index is 13.5. The Balaban J connectivity index is 1.42. The van der Waals surface area contributed by atoms with E-state index in [0.29, 0.717) is 54.1 Å². The fourth-order valence-corrected chi connectivity index (χ4v) is 7.54. The molecular weight excluding hydrogens is 598 g/mol. The van der Waals surface area contributed by atoms with Crippen LogP contribution in [0.3, 0.4) is 0 Å². The van der Waals surface area contributed by atoms with Crippen molar-refractivity contribution < 1.29 is 38.7 Å². The fourth-order valence-electron chi connectivity index (χ4n) is 7.54. The quantitative estimate of drug-likeness (QED) is 0.247. The van der Waals surface area contributed by atoms with Crippen molar-refractivity contribution in [3.05, 3.63) is 70.1 Å². The predicted molar refractivity (Wildman–Crippen MR) is 176 cm³/mol. The number of Topliss-reactive ketones (excluding diaryl/α,β-unsaturated/α-hetero) is 1. The summed E-state index contributed by atoms with van der Waals surface area (Å²) >= 11 is 0. The average Bonchev–Trinajstić information content (AvgIpc) is 3.73. The third-order valence-corrected chi connectivity index (χ3v) is 10.1. The van der Waals surface area contributed by atoms with Gasteiger partial charge in [-0.1, -0.05) is 18.1 Å². The number of aliphatic hydroxyl groups excluding tert-OH is 1. The number of aliphatic hydroxyl groups is 2. The highest BCUT2D eigenvalue weighted by atomic mass is 16.6. The highest BCUT2D eigenvalue weighted by Gasteiger charge is 2.43. The summed E-state index contributed by atoms with van der Waals surface area (Å²) in [4.78, 5) is 29.9. The Morgan fingerprint density at radius 2 is 1.89 bits per heavy atom. The topological polar surface area (TPSA) is 127 Å². The molecule has 0 saturated heterocycles. The van der Waals surface area contributed by atoms with Gasteiger partial charge >= 0.3 is 5.97 Å². The molecule has 2 saturated carbocycles. The van der Waals surface area contributed by atoms with Crippen LogP contribution in [0, 0.1) is 0 Å². The zero-order chi connectivity index (χ0) is 32.9. The fraction of sp³-hybridized carbons (Fsp3) is 0.474. The van der Waals surface area contributed by atoms with Gasteiger partial charge < -0.3 is 34.1 Å². The minimum atomic E-state index is -1.16. The Morgan fingerprint density at radius 1 is 1.09 bits per heavy atom. The van der Waals surface area contributed by atoms with Crippen LogP contribution in [0.15, 0.2) is 47.9 Å². The molecule has 47 heavy (non-hydrogen) atoms. The minimum absolute atomic E-state index is 0.000608. The first-order valence-electron chi connectivity index (χ1n) is 16.9. The molecule has 3 heterocycles. The van der Waals surface area contributed by atoms with Gasteiger partial charge in [-0.05, 0) is 100 Å². The molecule has 2 aliphatic carbocycles. The second kappa shape index (κ2) is 12.5. The number of rotatable bonds is 7. The van der Waals surface area contributed by atoms with Crippen molar-refractivity contribution in [1.82, 2.24) is 4.98 Å². The summed E-state index contributed by atoms with van der Waals surface area (Å²) in [5.41, 5.74) is 4.39. The van der Waals surface area contributed by atoms with E-state index in [1.54, 1.807) is 26.8 Å². The molecule has 2 fully saturated rings. The summed E-state index contributed by atoms with van der Waals surface area (Å²) < 4.78 is 25.0. The number of aromatic amines is 1. The molecular formula is C38H43NO8. The number of esters is 1. The smallest absolute Gasteiger partial charge is 0.374 e. The van der Waals surface area contributed by atoms with Crippen LogP contribution in [0.2, 0.25) is 0 Å². The van der Waals surface area contributed by atoms with E-state index in [-0.39, 0.29) is 30.2 Å². The molecule has 0 bridgehead atoms. The highest BCUT2D eigenvalue weighted by molar-refractivity contribution is 5.98. The molecule has 1 aromatic heterocycles. The van der Waals surface area contributed by atoms with Crippen LogP contribution >= 0.6 is 0 Å². The number of nitrogens with one attached hydrogen (secondary N) is 1. The first kappa shape index (κ1) is 31.5. The lowest BCUT2D eigenvalue weighted by atomic mass is 9.76. The van der Waals surface area contributed by atoms with Crippen molar-refractivity contribution in [2.24, 2.45) is 0 Å². The van der Waals surface area contributed by atoms with E-state index in [4.69, 9.17) is 18.9 Å². The van der Waals surface area contributed by atoms with Crippen molar-refractivity contribution in [1.29, 1.82) is 0 Å². The SMILES string of the molecule is CCOC(=O)C1=CC(=C2CCC(=O)C(c3ccc4[nH]ccc4c3)C2)c2c(c(CO)c3c(c2OC2CCCCC2)CC(C(C)(C)O)O3)O1. The summed E-state index contributed by atoms with van der Waals surface area (Å²) in [7, 11) is 0. The molecule has 9 heteroatoms. The second-order valence-electron chi connectivity index (χ2n) is 13.7. The molecule has 3 N–H and O–H groups in total. The standard InChI is InChI=1S/C38H43NO8/c1-4-44-37(42)31-18-26(22-11-13-30(41)25(17-22)21-10-12-29-23(16-21)14-15-39-29)33-35(45-24-8-6-5-7-9-24)27-19-32(38(2,3)43)47-34(27)28(20-40)36(33)46-31/h10,12,14-16,18,24-25,32,39-40,43H,4-9,11,13,17,19-20H2,1-3H3. The van der Waals surface area contributed by atoms with Crippen LogP contribution in [-0.2, 0) is 27.4 Å². The molecule has 4 aliphatic rings. The minimum Gasteiger partial charge on any atom is -0.489 e. The zero-order valence-corrected chi connectivity index (χ0v) is 27.3. The Kier molecular flexibility index (Phi) is 8.39. The van der Waals surface area contributed by atoms with Gasteiger partial charge in [0.25, 0.3) is 0 Å². The summed E-state index contributed by atoms with van der Waals surface area (Å²) in [6, 6.07) is 8.09. The van der Waals surface area contributed by atoms with E-state index in [1.165, 1.54) is 0 Å². The van der Waals surface area contributed by atoms with E-state index < -0.39 is 24.3 Å². The third-order valence-electron chi connectivity index (χ3n) is 10.1. The van der Waals surface area contributed by atoms with E-state index in [0.717, 1.165) is 65.3 Å². The van der Waals surface area contributed by atoms with Crippen LogP contribution in [0.25, 0.3) is 16.5 Å². The Morgan fingerprint density at radius 3 is 2.64 bits per heavy atom. The Bertz CT molecular complexity index is 1780. The number of carbonyl (C=O) groups is 2. The van der Waals surface area contributed by atoms with Gasteiger partial charge in [0.1, 0.15) is 29.1 Å². The zero-order valence-electron chi connectivity index (χ0n) is 27.3. The number of benzene rings is 2. The number of allylic oxidation sites excluding steroid dienone is 3. The van der Waals surface area contributed by atoms with Crippen molar-refractivity contribution in [3.63, 3.8) is 0 Å². The normalized spacial score (nSPS) is 23.1.